The van der Waals surface area contributed by atoms with E-state index < -0.39 is 44.4 Å². The summed E-state index contributed by atoms with van der Waals surface area (Å²) in [5.41, 5.74) is 5.44. The molecule has 1 fully saturated rings. The molecule has 1 aromatic heterocycles. The molecule has 4 heteroatoms. The summed E-state index contributed by atoms with van der Waals surface area (Å²) < 4.78 is 94.8. The summed E-state index contributed by atoms with van der Waals surface area (Å²) in [6.07, 6.45) is -5.43. The normalized spacial score (nSPS) is 55.6. The largest absolute Gasteiger partial charge is 0.396 e. The lowest BCUT2D eigenvalue weighted by atomic mass is 10.0. The number of nitrogens with zero attached hydrogens (tertiary/aromatic N) is 3. The van der Waals surface area contributed by atoms with Gasteiger partial charge in [-0.25, -0.2) is 9.97 Å². The molecular formula is C10H16N4. The van der Waals surface area contributed by atoms with Crippen molar-refractivity contribution < 1.29 is 16.4 Å². The molecule has 2 rings (SSSR count). The van der Waals surface area contributed by atoms with E-state index in [0.717, 1.165) is 12.4 Å². The van der Waals surface area contributed by atoms with Crippen LogP contribution in [0.5, 0.6) is 0 Å². The third-order valence-corrected chi connectivity index (χ3v) is 1.44. The summed E-state index contributed by atoms with van der Waals surface area (Å²) in [5.74, 6) is -4.48. The second-order valence-corrected chi connectivity index (χ2v) is 2.50. The van der Waals surface area contributed by atoms with Gasteiger partial charge in [0.05, 0.1) is 18.1 Å². The second kappa shape index (κ2) is 3.82. The van der Waals surface area contributed by atoms with Gasteiger partial charge < -0.3 is 10.6 Å². The summed E-state index contributed by atoms with van der Waals surface area (Å²) >= 11 is 0. The van der Waals surface area contributed by atoms with Crippen LogP contribution in [0.3, 0.4) is 0 Å². The summed E-state index contributed by atoms with van der Waals surface area (Å²) in [5, 5.41) is 0. The van der Waals surface area contributed by atoms with Crippen LogP contribution in [0.25, 0.3) is 0 Å². The summed E-state index contributed by atoms with van der Waals surface area (Å²) in [4.78, 5) is 7.17. The highest BCUT2D eigenvalue weighted by molar-refractivity contribution is 5.38. The van der Waals surface area contributed by atoms with E-state index in [-0.39, 0.29) is 10.6 Å². The van der Waals surface area contributed by atoms with Crippen LogP contribution in [0.4, 0.5) is 11.6 Å². The third kappa shape index (κ3) is 1.95. The first-order chi connectivity index (χ1) is 11.4. The van der Waals surface area contributed by atoms with Crippen molar-refractivity contribution >= 4 is 11.6 Å². The standard InChI is InChI=1S/C10H16N4/c1-8-3-2-4-14(7-8)10-12-5-9(11)6-13-10/h5-6,8H,2-4,7,11H2,1H3/i1D3,2D2,3D2,4D2,7D2,8D. The molecule has 0 bridgehead atoms. The number of rotatable bonds is 1. The predicted octanol–water partition coefficient (Wildman–Crippen LogP) is 1.30. The maximum absolute atomic E-state index is 8.19. The Hall–Kier alpha value is -1.32. The molecule has 1 unspecified atom stereocenters. The fourth-order valence-electron chi connectivity index (χ4n) is 0.861. The predicted molar refractivity (Wildman–Crippen MR) is 57.1 cm³/mol. The fourth-order valence-corrected chi connectivity index (χ4v) is 0.861. The summed E-state index contributed by atoms with van der Waals surface area (Å²) in [7, 11) is 0. The first-order valence-electron chi connectivity index (χ1n) is 9.75. The second-order valence-electron chi connectivity index (χ2n) is 2.50. The van der Waals surface area contributed by atoms with Gasteiger partial charge in [-0.15, -0.1) is 0 Å². The van der Waals surface area contributed by atoms with Gasteiger partial charge in [-0.1, -0.05) is 6.85 Å². The quantitative estimate of drug-likeness (QED) is 0.749. The molecule has 0 aliphatic carbocycles. The zero-order chi connectivity index (χ0) is 20.6. The van der Waals surface area contributed by atoms with Crippen molar-refractivity contribution in [1.82, 2.24) is 9.97 Å². The van der Waals surface area contributed by atoms with Crippen molar-refractivity contribution in [2.45, 2.75) is 19.6 Å². The average molecular weight is 204 g/mol. The van der Waals surface area contributed by atoms with Crippen LogP contribution in [0.15, 0.2) is 12.4 Å². The monoisotopic (exact) mass is 204 g/mol. The van der Waals surface area contributed by atoms with E-state index in [1.54, 1.807) is 0 Å². The van der Waals surface area contributed by atoms with E-state index in [0.29, 0.717) is 0 Å². The molecule has 2 heterocycles. The van der Waals surface area contributed by atoms with E-state index in [1.807, 2.05) is 0 Å². The van der Waals surface area contributed by atoms with Crippen molar-refractivity contribution in [1.29, 1.82) is 0 Å². The highest BCUT2D eigenvalue weighted by Gasteiger charge is 2.17. The molecule has 0 aromatic carbocycles. The average Bonchev–Trinajstić information content (AvgIpc) is 2.45. The lowest BCUT2D eigenvalue weighted by Gasteiger charge is -2.30. The molecular weight excluding hydrogens is 176 g/mol. The Balaban J connectivity index is 2.90. The van der Waals surface area contributed by atoms with Crippen molar-refractivity contribution in [3.05, 3.63) is 12.4 Å². The molecule has 1 aliphatic rings. The third-order valence-electron chi connectivity index (χ3n) is 1.44. The first-order valence-corrected chi connectivity index (χ1v) is 3.75. The van der Waals surface area contributed by atoms with Crippen LogP contribution < -0.4 is 10.6 Å². The molecule has 0 amide bonds. The van der Waals surface area contributed by atoms with Crippen LogP contribution in [-0.2, 0) is 0 Å². The van der Waals surface area contributed by atoms with Crippen LogP contribution >= 0.6 is 0 Å². The van der Waals surface area contributed by atoms with Gasteiger partial charge in [0.25, 0.3) is 0 Å². The van der Waals surface area contributed by atoms with Gasteiger partial charge in [-0.05, 0) is 18.6 Å². The lowest BCUT2D eigenvalue weighted by molar-refractivity contribution is 0.442. The first kappa shape index (κ1) is 2.62. The zero-order valence-corrected chi connectivity index (χ0v) is 7.07. The van der Waals surface area contributed by atoms with Crippen LogP contribution in [0, 0.1) is 5.89 Å². The van der Waals surface area contributed by atoms with E-state index in [4.69, 9.17) is 22.2 Å². The molecule has 14 heavy (non-hydrogen) atoms. The SMILES string of the molecule is [2H]C([2H])([2H])C1([2H])C([2H])([2H])N(c2ncc(N)cn2)C([2H])([2H])C([2H])([2H])C1([2H])[2H]. The Kier molecular flexibility index (Phi) is 0.715. The van der Waals surface area contributed by atoms with Crippen LogP contribution in [-0.4, -0.2) is 23.0 Å². The smallest absolute Gasteiger partial charge is 0.225 e. The van der Waals surface area contributed by atoms with E-state index in [9.17, 15) is 0 Å². The number of hydrogen-bond acceptors (Lipinski definition) is 4. The van der Waals surface area contributed by atoms with E-state index in [2.05, 4.69) is 9.97 Å². The number of hydrogen-bond donors (Lipinski definition) is 1. The van der Waals surface area contributed by atoms with Gasteiger partial charge >= 0.3 is 0 Å². The summed E-state index contributed by atoms with van der Waals surface area (Å²) in [6, 6.07) is 0. The molecule has 4 nitrogen and oxygen atoms in total. The van der Waals surface area contributed by atoms with Gasteiger partial charge in [0, 0.05) is 29.4 Å². The number of piperidine rings is 1. The number of nitrogens with two attached hydrogens (primary N) is 1. The number of nitrogen functional groups attached to an aromatic ring is 1. The van der Waals surface area contributed by atoms with Crippen molar-refractivity contribution in [3.63, 3.8) is 0 Å². The minimum atomic E-state index is -3.75. The van der Waals surface area contributed by atoms with Gasteiger partial charge in [-0.3, -0.25) is 0 Å². The van der Waals surface area contributed by atoms with Gasteiger partial charge in [0.2, 0.25) is 5.95 Å². The molecule has 76 valence electrons. The maximum Gasteiger partial charge on any atom is 0.225 e. The Bertz CT molecular complexity index is 699. The van der Waals surface area contributed by atoms with Gasteiger partial charge in [0.1, 0.15) is 0 Å². The van der Waals surface area contributed by atoms with Crippen molar-refractivity contribution in [3.8, 4) is 0 Å². The highest BCUT2D eigenvalue weighted by Crippen LogP contribution is 2.19. The van der Waals surface area contributed by atoms with Crippen molar-refractivity contribution in [2.75, 3.05) is 23.6 Å². The molecule has 2 N–H and O–H groups in total. The maximum atomic E-state index is 8.19. The highest BCUT2D eigenvalue weighted by atomic mass is 15.2. The Morgan fingerprint density at radius 1 is 1.71 bits per heavy atom. The van der Waals surface area contributed by atoms with Crippen molar-refractivity contribution in [2.24, 2.45) is 5.89 Å². The molecule has 1 saturated heterocycles. The Morgan fingerprint density at radius 3 is 3.21 bits per heavy atom. The number of aromatic nitrogens is 2. The Labute approximate surface area is 101 Å². The molecule has 0 radical (unpaired) electrons. The topological polar surface area (TPSA) is 55.0 Å². The minimum Gasteiger partial charge on any atom is -0.396 e. The molecule has 0 saturated carbocycles. The molecule has 0 spiro atoms. The minimum absolute atomic E-state index is 0.0261. The molecule has 1 aromatic rings. The van der Waals surface area contributed by atoms with Crippen LogP contribution in [0.1, 0.15) is 36.0 Å². The zero-order valence-electron chi connectivity index (χ0n) is 19.1. The van der Waals surface area contributed by atoms with Crippen LogP contribution in [0.2, 0.25) is 0 Å². The van der Waals surface area contributed by atoms with Gasteiger partial charge in [-0.2, -0.15) is 0 Å². The molecule has 1 aliphatic heterocycles. The van der Waals surface area contributed by atoms with E-state index in [1.165, 1.54) is 0 Å². The van der Waals surface area contributed by atoms with Gasteiger partial charge in [0.15, 0.2) is 0 Å². The Morgan fingerprint density at radius 2 is 2.50 bits per heavy atom. The van der Waals surface area contributed by atoms with E-state index >= 15 is 0 Å². The fraction of sp³-hybridized carbons (Fsp3) is 0.600. The number of anilines is 2. The summed E-state index contributed by atoms with van der Waals surface area (Å²) in [6.45, 7) is -10.7. The molecule has 1 atom stereocenters. The lowest BCUT2D eigenvalue weighted by Crippen LogP contribution is -2.35.